The molecule has 0 aliphatic rings. The Labute approximate surface area is 370 Å². The van der Waals surface area contributed by atoms with E-state index in [2.05, 4.69) is 31.3 Å². The Hall–Kier alpha value is -1.25. The minimum atomic E-state index is -4.42. The third-order valence-corrected chi connectivity index (χ3v) is 12.4. The fraction of sp³-hybridized carbons (Fsp3) is 0.920. The van der Waals surface area contributed by atoms with E-state index in [1.54, 1.807) is 0 Å². The highest BCUT2D eigenvalue weighted by molar-refractivity contribution is 7.47. The van der Waals surface area contributed by atoms with E-state index < -0.39 is 26.5 Å². The van der Waals surface area contributed by atoms with Gasteiger partial charge in [0.1, 0.15) is 12.7 Å². The van der Waals surface area contributed by atoms with Crippen LogP contribution in [0.4, 0.5) is 0 Å². The van der Waals surface area contributed by atoms with E-state index in [4.69, 9.17) is 13.8 Å². The zero-order chi connectivity index (χ0) is 43.9. The van der Waals surface area contributed by atoms with Gasteiger partial charge in [0.05, 0.1) is 13.2 Å². The van der Waals surface area contributed by atoms with E-state index in [1.165, 1.54) is 193 Å². The number of aliphatic hydroxyl groups is 1. The Kier molecular flexibility index (Phi) is 46.3. The quantitative estimate of drug-likeness (QED) is 0.0238. The lowest BCUT2D eigenvalue weighted by molar-refractivity contribution is -0.147. The first-order chi connectivity index (χ1) is 29.3. The van der Waals surface area contributed by atoms with Gasteiger partial charge in [0.15, 0.2) is 0 Å². The van der Waals surface area contributed by atoms with Crippen LogP contribution in [0.25, 0.3) is 0 Å². The van der Waals surface area contributed by atoms with Crippen molar-refractivity contribution in [1.29, 1.82) is 0 Å². The molecule has 0 aromatic carbocycles. The summed E-state index contributed by atoms with van der Waals surface area (Å²) < 4.78 is 27.0. The van der Waals surface area contributed by atoms with Gasteiger partial charge in [-0.3, -0.25) is 18.6 Å². The number of rotatable bonds is 49. The molecule has 0 aliphatic heterocycles. The van der Waals surface area contributed by atoms with Crippen LogP contribution in [0.1, 0.15) is 264 Å². The smallest absolute Gasteiger partial charge is 0.463 e. The molecule has 10 heteroatoms. The molecule has 0 spiro atoms. The van der Waals surface area contributed by atoms with E-state index in [1.807, 2.05) is 0 Å². The average molecular weight is 872 g/mol. The first-order valence-corrected chi connectivity index (χ1v) is 27.2. The highest BCUT2D eigenvalue weighted by atomic mass is 31.2. The predicted octanol–water partition coefficient (Wildman–Crippen LogP) is 15.0. The molecule has 2 atom stereocenters. The number of phosphoric ester groups is 1. The summed E-state index contributed by atoms with van der Waals surface area (Å²) in [6.45, 7) is 3.59. The summed E-state index contributed by atoms with van der Waals surface area (Å²) in [5.41, 5.74) is 0. The number of hydrogen-bond acceptors (Lipinski definition) is 7. The molecule has 0 rings (SSSR count). The fourth-order valence-corrected chi connectivity index (χ4v) is 8.31. The number of unbranched alkanes of at least 4 members (excludes halogenated alkanes) is 34. The van der Waals surface area contributed by atoms with E-state index >= 15 is 0 Å². The predicted molar refractivity (Wildman–Crippen MR) is 252 cm³/mol. The van der Waals surface area contributed by atoms with Gasteiger partial charge in [0.25, 0.3) is 0 Å². The molecule has 1 amide bonds. The number of carbonyl (C=O) groups is 2. The monoisotopic (exact) mass is 872 g/mol. The zero-order valence-corrected chi connectivity index (χ0v) is 40.3. The van der Waals surface area contributed by atoms with Gasteiger partial charge in [-0.25, -0.2) is 4.57 Å². The molecule has 3 N–H and O–H groups in total. The lowest BCUT2D eigenvalue weighted by Gasteiger charge is -2.15. The van der Waals surface area contributed by atoms with Crippen LogP contribution >= 0.6 is 7.82 Å². The normalized spacial score (nSPS) is 13.2. The molecular formula is C50H98NO8P. The fourth-order valence-electron chi connectivity index (χ4n) is 7.55. The van der Waals surface area contributed by atoms with E-state index in [0.29, 0.717) is 6.42 Å². The minimum absolute atomic E-state index is 0.0809. The maximum absolute atomic E-state index is 12.1. The van der Waals surface area contributed by atoms with Crippen molar-refractivity contribution in [1.82, 2.24) is 5.32 Å². The highest BCUT2D eigenvalue weighted by Crippen LogP contribution is 2.42. The Morgan fingerprint density at radius 3 is 1.25 bits per heavy atom. The molecule has 0 heterocycles. The van der Waals surface area contributed by atoms with Gasteiger partial charge < -0.3 is 20.1 Å². The van der Waals surface area contributed by atoms with E-state index in [-0.39, 0.29) is 32.1 Å². The van der Waals surface area contributed by atoms with Crippen LogP contribution in [-0.4, -0.2) is 54.3 Å². The van der Waals surface area contributed by atoms with Crippen LogP contribution in [0.2, 0.25) is 0 Å². The molecule has 0 aliphatic carbocycles. The lowest BCUT2D eigenvalue weighted by Crippen LogP contribution is -2.27. The standard InChI is InChI=1S/C50H98NO8P/c1-3-5-7-9-11-13-15-17-19-20-21-22-23-24-25-26-27-29-31-33-35-37-39-41-43-50(54)57-46-48(52)47-59-60(55,56)58-45-44-51-49(53)42-40-38-36-34-32-30-28-18-16-14-12-10-8-6-4-2/h18,28,48,52H,3-17,19-27,29-47H2,1-2H3,(H,51,53)(H,55,56)/b28-18-. The van der Waals surface area contributed by atoms with Crippen molar-refractivity contribution >= 4 is 19.7 Å². The van der Waals surface area contributed by atoms with Crippen molar-refractivity contribution in [2.75, 3.05) is 26.4 Å². The van der Waals surface area contributed by atoms with Crippen LogP contribution in [0.5, 0.6) is 0 Å². The Bertz CT molecular complexity index is 995. The number of amides is 1. The zero-order valence-electron chi connectivity index (χ0n) is 39.4. The summed E-state index contributed by atoms with van der Waals surface area (Å²) >= 11 is 0. The SMILES string of the molecule is CCCCCCCC/C=C\CCCCCCCC(=O)NCCOP(=O)(O)OCC(O)COC(=O)CCCCCCCCCCCCCCCCCCCCCCCCCC. The molecule has 356 valence electrons. The molecular weight excluding hydrogens is 774 g/mol. The van der Waals surface area contributed by atoms with Crippen molar-refractivity contribution in [3.8, 4) is 0 Å². The second-order valence-corrected chi connectivity index (χ2v) is 19.0. The summed E-state index contributed by atoms with van der Waals surface area (Å²) in [7, 11) is -4.42. The second-order valence-electron chi connectivity index (χ2n) is 17.5. The molecule has 2 unspecified atom stereocenters. The van der Waals surface area contributed by atoms with Gasteiger partial charge in [-0.1, -0.05) is 225 Å². The second kappa shape index (κ2) is 47.2. The number of nitrogens with one attached hydrogen (secondary N) is 1. The van der Waals surface area contributed by atoms with E-state index in [0.717, 1.165) is 44.9 Å². The average Bonchev–Trinajstić information content (AvgIpc) is 3.23. The largest absolute Gasteiger partial charge is 0.472 e. The summed E-state index contributed by atoms with van der Waals surface area (Å²) in [6.07, 6.45) is 51.6. The molecule has 0 saturated heterocycles. The van der Waals surface area contributed by atoms with Crippen LogP contribution in [0.15, 0.2) is 12.2 Å². The van der Waals surface area contributed by atoms with Crippen LogP contribution < -0.4 is 5.32 Å². The Morgan fingerprint density at radius 2 is 0.850 bits per heavy atom. The molecule has 0 aromatic heterocycles. The highest BCUT2D eigenvalue weighted by Gasteiger charge is 2.23. The minimum Gasteiger partial charge on any atom is -0.463 e. The maximum Gasteiger partial charge on any atom is 0.472 e. The van der Waals surface area contributed by atoms with Gasteiger partial charge in [-0.05, 0) is 38.5 Å². The summed E-state index contributed by atoms with van der Waals surface area (Å²) in [4.78, 5) is 34.0. The lowest BCUT2D eigenvalue weighted by atomic mass is 10.0. The molecule has 0 aromatic rings. The van der Waals surface area contributed by atoms with Gasteiger partial charge in [0.2, 0.25) is 5.91 Å². The molecule has 0 saturated carbocycles. The van der Waals surface area contributed by atoms with Gasteiger partial charge in [-0.15, -0.1) is 0 Å². The molecule has 0 fully saturated rings. The first kappa shape index (κ1) is 58.8. The third kappa shape index (κ3) is 47.8. The van der Waals surface area contributed by atoms with Crippen molar-refractivity contribution in [3.63, 3.8) is 0 Å². The molecule has 0 bridgehead atoms. The van der Waals surface area contributed by atoms with Gasteiger partial charge >= 0.3 is 13.8 Å². The van der Waals surface area contributed by atoms with Crippen LogP contribution in [0.3, 0.4) is 0 Å². The molecule has 0 radical (unpaired) electrons. The number of ether oxygens (including phenoxy) is 1. The maximum atomic E-state index is 12.1. The van der Waals surface area contributed by atoms with Crippen molar-refractivity contribution in [2.45, 2.75) is 270 Å². The first-order valence-electron chi connectivity index (χ1n) is 25.7. The van der Waals surface area contributed by atoms with E-state index in [9.17, 15) is 24.2 Å². The summed E-state index contributed by atoms with van der Waals surface area (Å²) in [5, 5.41) is 12.7. The third-order valence-electron chi connectivity index (χ3n) is 11.4. The molecule has 60 heavy (non-hydrogen) atoms. The van der Waals surface area contributed by atoms with Crippen molar-refractivity contribution < 1.29 is 37.9 Å². The number of allylic oxidation sites excluding steroid dienone is 2. The summed E-state index contributed by atoms with van der Waals surface area (Å²) in [5.74, 6) is -0.512. The summed E-state index contributed by atoms with van der Waals surface area (Å²) in [6, 6.07) is 0. The van der Waals surface area contributed by atoms with Crippen molar-refractivity contribution in [2.24, 2.45) is 0 Å². The number of phosphoric acid groups is 1. The Balaban J connectivity index is 3.51. The van der Waals surface area contributed by atoms with Crippen LogP contribution in [-0.2, 0) is 27.9 Å². The number of carbonyl (C=O) groups excluding carboxylic acids is 2. The van der Waals surface area contributed by atoms with Crippen molar-refractivity contribution in [3.05, 3.63) is 12.2 Å². The number of aliphatic hydroxyl groups excluding tert-OH is 1. The number of hydrogen-bond donors (Lipinski definition) is 3. The van der Waals surface area contributed by atoms with Crippen LogP contribution in [0, 0.1) is 0 Å². The molecule has 9 nitrogen and oxygen atoms in total. The number of esters is 1. The topological polar surface area (TPSA) is 131 Å². The van der Waals surface area contributed by atoms with Gasteiger partial charge in [0, 0.05) is 19.4 Å². The Morgan fingerprint density at radius 1 is 0.500 bits per heavy atom. The van der Waals surface area contributed by atoms with Gasteiger partial charge in [-0.2, -0.15) is 0 Å².